The molecule has 0 radical (unpaired) electrons. The van der Waals surface area contributed by atoms with E-state index < -0.39 is 34.3 Å². The molecule has 3 aromatic carbocycles. The van der Waals surface area contributed by atoms with Crippen LogP contribution in [0.15, 0.2) is 71.6 Å². The summed E-state index contributed by atoms with van der Waals surface area (Å²) in [7, 11) is -1.45. The van der Waals surface area contributed by atoms with Crippen LogP contribution in [0.2, 0.25) is 0 Å². The average molecular weight is 600 g/mol. The third-order valence-electron chi connectivity index (χ3n) is 6.75. The molecular formula is C31H38FN3O6S. The third kappa shape index (κ3) is 7.79. The number of carbonyl (C=O) groups is 2. The number of methoxy groups -OCH3 is 2. The van der Waals surface area contributed by atoms with Crippen LogP contribution in [0.1, 0.15) is 37.8 Å². The second kappa shape index (κ2) is 14.7. The Bertz CT molecular complexity index is 1460. The minimum Gasteiger partial charge on any atom is -0.493 e. The maximum absolute atomic E-state index is 14.1. The summed E-state index contributed by atoms with van der Waals surface area (Å²) in [5, 5.41) is 2.83. The van der Waals surface area contributed by atoms with Crippen LogP contribution in [0.4, 0.5) is 10.1 Å². The normalized spacial score (nSPS) is 11.9. The first kappa shape index (κ1) is 32.4. The van der Waals surface area contributed by atoms with E-state index >= 15 is 0 Å². The summed E-state index contributed by atoms with van der Waals surface area (Å²) in [5.74, 6) is -0.813. The standard InChI is InChI=1S/C31H38FN3O6S/c1-6-18-33-31(37)27(7-2)34(20-23-10-12-24(32)13-11-23)30(36)21-35(25-14-8-22(3)9-15-25)42(38,39)26-16-17-28(40-4)29(19-26)41-5/h8-17,19,27H,6-7,18,20-21H2,1-5H3,(H,33,37)/t27-/m0/s1. The first-order valence-corrected chi connectivity index (χ1v) is 15.1. The Morgan fingerprint density at radius 3 is 2.14 bits per heavy atom. The van der Waals surface area contributed by atoms with Crippen LogP contribution in [0.5, 0.6) is 11.5 Å². The Labute approximate surface area is 247 Å². The van der Waals surface area contributed by atoms with Crippen LogP contribution in [0.3, 0.4) is 0 Å². The van der Waals surface area contributed by atoms with Gasteiger partial charge in [0.15, 0.2) is 11.5 Å². The summed E-state index contributed by atoms with van der Waals surface area (Å²) in [6.45, 7) is 5.39. The molecule has 1 atom stereocenters. The van der Waals surface area contributed by atoms with Gasteiger partial charge in [-0.05, 0) is 61.7 Å². The molecule has 3 rings (SSSR count). The van der Waals surface area contributed by atoms with E-state index in [-0.39, 0.29) is 35.2 Å². The fourth-order valence-corrected chi connectivity index (χ4v) is 5.85. The number of amides is 2. The SMILES string of the molecule is CCCNC(=O)[C@H](CC)N(Cc1ccc(F)cc1)C(=O)CN(c1ccc(C)cc1)S(=O)(=O)c1ccc(OC)c(OC)c1. The summed E-state index contributed by atoms with van der Waals surface area (Å²) in [6, 6.07) is 15.7. The van der Waals surface area contributed by atoms with Gasteiger partial charge < -0.3 is 19.7 Å². The van der Waals surface area contributed by atoms with Crippen molar-refractivity contribution in [3.05, 3.63) is 83.7 Å². The third-order valence-corrected chi connectivity index (χ3v) is 8.51. The molecule has 0 unspecified atom stereocenters. The summed E-state index contributed by atoms with van der Waals surface area (Å²) in [5.41, 5.74) is 1.77. The molecule has 11 heteroatoms. The number of rotatable bonds is 14. The lowest BCUT2D eigenvalue weighted by atomic mass is 10.1. The topological polar surface area (TPSA) is 105 Å². The van der Waals surface area contributed by atoms with Crippen LogP contribution < -0.4 is 19.1 Å². The number of ether oxygens (including phenoxy) is 2. The fraction of sp³-hybridized carbons (Fsp3) is 0.355. The molecule has 0 aliphatic rings. The van der Waals surface area contributed by atoms with Gasteiger partial charge in [0.1, 0.15) is 18.4 Å². The highest BCUT2D eigenvalue weighted by atomic mass is 32.2. The number of sulfonamides is 1. The average Bonchev–Trinajstić information content (AvgIpc) is 2.99. The number of nitrogens with one attached hydrogen (secondary N) is 1. The Hall–Kier alpha value is -4.12. The molecule has 1 N–H and O–H groups in total. The number of aryl methyl sites for hydroxylation is 1. The molecule has 9 nitrogen and oxygen atoms in total. The first-order chi connectivity index (χ1) is 20.0. The van der Waals surface area contributed by atoms with Gasteiger partial charge in [-0.1, -0.05) is 43.7 Å². The zero-order chi connectivity index (χ0) is 30.9. The van der Waals surface area contributed by atoms with Crippen LogP contribution >= 0.6 is 0 Å². The van der Waals surface area contributed by atoms with Gasteiger partial charge in [-0.2, -0.15) is 0 Å². The van der Waals surface area contributed by atoms with Crippen LogP contribution in [0, 0.1) is 12.7 Å². The number of carbonyl (C=O) groups excluding carboxylic acids is 2. The van der Waals surface area contributed by atoms with Crippen LogP contribution in [-0.4, -0.2) is 58.5 Å². The first-order valence-electron chi connectivity index (χ1n) is 13.7. The monoisotopic (exact) mass is 599 g/mol. The van der Waals surface area contributed by atoms with E-state index in [2.05, 4.69) is 5.32 Å². The maximum atomic E-state index is 14.1. The molecule has 42 heavy (non-hydrogen) atoms. The molecule has 0 aliphatic heterocycles. The highest BCUT2D eigenvalue weighted by Gasteiger charge is 2.34. The maximum Gasteiger partial charge on any atom is 0.264 e. The van der Waals surface area contributed by atoms with Crippen molar-refractivity contribution < 1.29 is 31.9 Å². The van der Waals surface area contributed by atoms with E-state index in [0.29, 0.717) is 24.3 Å². The Balaban J connectivity index is 2.08. The fourth-order valence-electron chi connectivity index (χ4n) is 4.42. The number of anilines is 1. The van der Waals surface area contributed by atoms with Crippen molar-refractivity contribution in [1.82, 2.24) is 10.2 Å². The summed E-state index contributed by atoms with van der Waals surface area (Å²) in [6.07, 6.45) is 0.994. The number of hydrogen-bond acceptors (Lipinski definition) is 6. The molecule has 0 spiro atoms. The molecule has 0 bridgehead atoms. The van der Waals surface area contributed by atoms with Gasteiger partial charge >= 0.3 is 0 Å². The lowest BCUT2D eigenvalue weighted by Gasteiger charge is -2.33. The Morgan fingerprint density at radius 1 is 0.929 bits per heavy atom. The Morgan fingerprint density at radius 2 is 1.57 bits per heavy atom. The quantitative estimate of drug-likeness (QED) is 0.289. The molecule has 0 fully saturated rings. The molecule has 226 valence electrons. The van der Waals surface area contributed by atoms with Crippen molar-refractivity contribution in [2.24, 2.45) is 0 Å². The molecule has 0 aliphatic carbocycles. The van der Waals surface area contributed by atoms with E-state index in [1.165, 1.54) is 61.6 Å². The lowest BCUT2D eigenvalue weighted by Crippen LogP contribution is -2.52. The van der Waals surface area contributed by atoms with Crippen molar-refractivity contribution in [2.75, 3.05) is 31.6 Å². The van der Waals surface area contributed by atoms with Gasteiger partial charge in [-0.3, -0.25) is 13.9 Å². The van der Waals surface area contributed by atoms with E-state index in [1.807, 2.05) is 13.8 Å². The summed E-state index contributed by atoms with van der Waals surface area (Å²) in [4.78, 5) is 28.5. The van der Waals surface area contributed by atoms with E-state index in [1.54, 1.807) is 31.2 Å². The van der Waals surface area contributed by atoms with Gasteiger partial charge in [0, 0.05) is 19.2 Å². The predicted molar refractivity (Wildman–Crippen MR) is 160 cm³/mol. The minimum atomic E-state index is -4.30. The van der Waals surface area contributed by atoms with Crippen molar-refractivity contribution in [2.45, 2.75) is 51.1 Å². The zero-order valence-corrected chi connectivity index (χ0v) is 25.4. The Kier molecular flexibility index (Phi) is 11.3. The summed E-state index contributed by atoms with van der Waals surface area (Å²) >= 11 is 0. The zero-order valence-electron chi connectivity index (χ0n) is 24.6. The van der Waals surface area contributed by atoms with Crippen molar-refractivity contribution in [3.63, 3.8) is 0 Å². The van der Waals surface area contributed by atoms with Gasteiger partial charge in [0.2, 0.25) is 11.8 Å². The number of hydrogen-bond donors (Lipinski definition) is 1. The number of halogens is 1. The van der Waals surface area contributed by atoms with Crippen molar-refractivity contribution in [3.8, 4) is 11.5 Å². The van der Waals surface area contributed by atoms with Gasteiger partial charge in [-0.25, -0.2) is 12.8 Å². The van der Waals surface area contributed by atoms with Gasteiger partial charge in [0.05, 0.1) is 24.8 Å². The van der Waals surface area contributed by atoms with Crippen molar-refractivity contribution in [1.29, 1.82) is 0 Å². The largest absolute Gasteiger partial charge is 0.493 e. The second-order valence-electron chi connectivity index (χ2n) is 9.73. The predicted octanol–water partition coefficient (Wildman–Crippen LogP) is 4.68. The van der Waals surface area contributed by atoms with Gasteiger partial charge in [0.25, 0.3) is 10.0 Å². The smallest absolute Gasteiger partial charge is 0.264 e. The van der Waals surface area contributed by atoms with Crippen LogP contribution in [0.25, 0.3) is 0 Å². The van der Waals surface area contributed by atoms with Crippen LogP contribution in [-0.2, 0) is 26.2 Å². The second-order valence-corrected chi connectivity index (χ2v) is 11.6. The van der Waals surface area contributed by atoms with E-state index in [0.717, 1.165) is 9.87 Å². The molecule has 3 aromatic rings. The number of nitrogens with zero attached hydrogens (tertiary/aromatic N) is 2. The molecule has 0 saturated heterocycles. The molecular weight excluding hydrogens is 561 g/mol. The summed E-state index contributed by atoms with van der Waals surface area (Å²) < 4.78 is 53.4. The molecule has 2 amide bonds. The highest BCUT2D eigenvalue weighted by Crippen LogP contribution is 2.32. The van der Waals surface area contributed by atoms with Gasteiger partial charge in [-0.15, -0.1) is 0 Å². The molecule has 0 aromatic heterocycles. The van der Waals surface area contributed by atoms with E-state index in [9.17, 15) is 22.4 Å². The molecule has 0 heterocycles. The van der Waals surface area contributed by atoms with Crippen molar-refractivity contribution >= 4 is 27.5 Å². The highest BCUT2D eigenvalue weighted by molar-refractivity contribution is 7.92. The minimum absolute atomic E-state index is 0.0185. The lowest BCUT2D eigenvalue weighted by molar-refractivity contribution is -0.140. The van der Waals surface area contributed by atoms with E-state index in [4.69, 9.17) is 9.47 Å². The number of benzene rings is 3. The molecule has 0 saturated carbocycles.